The molecule has 2 aromatic rings. The van der Waals surface area contributed by atoms with Gasteiger partial charge in [0.25, 0.3) is 0 Å². The fourth-order valence-corrected chi connectivity index (χ4v) is 2.37. The van der Waals surface area contributed by atoms with Crippen molar-refractivity contribution in [3.63, 3.8) is 0 Å². The molecule has 0 N–H and O–H groups in total. The molecule has 0 saturated heterocycles. The first-order valence-corrected chi connectivity index (χ1v) is 6.74. The van der Waals surface area contributed by atoms with Crippen LogP contribution in [0.3, 0.4) is 0 Å². The molecule has 0 fully saturated rings. The van der Waals surface area contributed by atoms with Crippen molar-refractivity contribution in [1.29, 1.82) is 0 Å². The Morgan fingerprint density at radius 2 is 1.81 bits per heavy atom. The molecule has 21 heavy (non-hydrogen) atoms. The fraction of sp³-hybridized carbons (Fsp3) is 0.235. The van der Waals surface area contributed by atoms with E-state index in [0.29, 0.717) is 12.0 Å². The second-order valence-electron chi connectivity index (χ2n) is 5.12. The van der Waals surface area contributed by atoms with Crippen LogP contribution in [0.5, 0.6) is 11.5 Å². The van der Waals surface area contributed by atoms with Gasteiger partial charge in [-0.05, 0) is 37.6 Å². The summed E-state index contributed by atoms with van der Waals surface area (Å²) in [6, 6.07) is 13.4. The molecule has 3 nitrogen and oxygen atoms in total. The maximum absolute atomic E-state index is 12.2. The Morgan fingerprint density at radius 1 is 1.10 bits per heavy atom. The van der Waals surface area contributed by atoms with Gasteiger partial charge in [0.1, 0.15) is 11.5 Å². The summed E-state index contributed by atoms with van der Waals surface area (Å²) in [6.45, 7) is 3.69. The van der Waals surface area contributed by atoms with Gasteiger partial charge in [-0.2, -0.15) is 0 Å². The second kappa shape index (κ2) is 6.82. The minimum atomic E-state index is -0.292. The molecule has 2 aromatic carbocycles. The van der Waals surface area contributed by atoms with E-state index in [0.717, 1.165) is 22.6 Å². The molecule has 4 heteroatoms. The Bertz CT molecular complexity index is 665. The molecular weight excluding hydrogens is 292 g/mol. The monoisotopic (exact) mass is 308 g/mol. The van der Waals surface area contributed by atoms with E-state index in [1.54, 1.807) is 6.07 Å². The fourth-order valence-electron chi connectivity index (χ4n) is 2.37. The molecular formula is C17H16CaO3. The van der Waals surface area contributed by atoms with Crippen LogP contribution >= 0.6 is 0 Å². The van der Waals surface area contributed by atoms with Gasteiger partial charge >= 0.3 is 5.97 Å². The van der Waals surface area contributed by atoms with Gasteiger partial charge in [0.15, 0.2) is 0 Å². The second-order valence-corrected chi connectivity index (χ2v) is 5.12. The molecule has 0 spiro atoms. The first kappa shape index (κ1) is 16.3. The van der Waals surface area contributed by atoms with Crippen molar-refractivity contribution < 1.29 is 14.3 Å². The van der Waals surface area contributed by atoms with Crippen LogP contribution in [-0.4, -0.2) is 49.8 Å². The Kier molecular flexibility index (Phi) is 5.31. The summed E-state index contributed by atoms with van der Waals surface area (Å²) < 4.78 is 11.2. The first-order chi connectivity index (χ1) is 9.65. The molecule has 1 heterocycles. The number of hydrogen-bond acceptors (Lipinski definition) is 3. The van der Waals surface area contributed by atoms with Crippen LogP contribution in [0.1, 0.15) is 35.3 Å². The van der Waals surface area contributed by atoms with Gasteiger partial charge < -0.3 is 9.47 Å². The van der Waals surface area contributed by atoms with Crippen molar-refractivity contribution in [1.82, 2.24) is 0 Å². The molecule has 0 saturated carbocycles. The van der Waals surface area contributed by atoms with Gasteiger partial charge in [-0.3, -0.25) is 0 Å². The van der Waals surface area contributed by atoms with Crippen LogP contribution in [0.15, 0.2) is 42.5 Å². The number of carbonyl (C=O) groups is 1. The number of para-hydroxylation sites is 1. The van der Waals surface area contributed by atoms with Crippen molar-refractivity contribution in [3.05, 3.63) is 59.2 Å². The summed E-state index contributed by atoms with van der Waals surface area (Å²) >= 11 is 0. The summed E-state index contributed by atoms with van der Waals surface area (Å²) in [5.74, 6) is 1.30. The van der Waals surface area contributed by atoms with Gasteiger partial charge in [-0.1, -0.05) is 24.3 Å². The third-order valence-corrected chi connectivity index (χ3v) is 3.26. The molecule has 1 aliphatic rings. The van der Waals surface area contributed by atoms with Gasteiger partial charge in [0, 0.05) is 49.7 Å². The molecule has 1 aliphatic heterocycles. The zero-order valence-electron chi connectivity index (χ0n) is 12.3. The minimum Gasteiger partial charge on any atom is -0.459 e. The predicted molar refractivity (Wildman–Crippen MR) is 82.1 cm³/mol. The van der Waals surface area contributed by atoms with Crippen LogP contribution in [-0.2, 0) is 11.2 Å². The number of hydrogen-bond donors (Lipinski definition) is 0. The maximum atomic E-state index is 12.2. The molecule has 0 aliphatic carbocycles. The standard InChI is InChI=1S/C17H16O3.Ca/c1-11(2)19-17(18)13-7-5-9-16-14(13)10-12-6-3-4-8-15(12)20-16;/h3-9,11H,10H2,1-2H3;. The number of fused-ring (bicyclic) bond motifs is 2. The first-order valence-electron chi connectivity index (χ1n) is 6.74. The molecule has 0 unspecified atom stereocenters. The van der Waals surface area contributed by atoms with E-state index in [9.17, 15) is 4.79 Å². The average Bonchev–Trinajstić information content (AvgIpc) is 2.43. The quantitative estimate of drug-likeness (QED) is 0.536. The number of benzene rings is 2. The van der Waals surface area contributed by atoms with Crippen LogP contribution < -0.4 is 4.74 Å². The Balaban J connectivity index is 0.00000161. The summed E-state index contributed by atoms with van der Waals surface area (Å²) in [6.07, 6.45) is 0.560. The molecule has 104 valence electrons. The molecule has 2 radical (unpaired) electrons. The predicted octanol–water partition coefficient (Wildman–Crippen LogP) is 3.57. The van der Waals surface area contributed by atoms with E-state index in [2.05, 4.69) is 0 Å². The van der Waals surface area contributed by atoms with Crippen molar-refractivity contribution >= 4 is 43.7 Å². The van der Waals surface area contributed by atoms with Crippen molar-refractivity contribution in [2.24, 2.45) is 0 Å². The zero-order valence-corrected chi connectivity index (χ0v) is 14.5. The Morgan fingerprint density at radius 3 is 2.57 bits per heavy atom. The van der Waals surface area contributed by atoms with E-state index in [1.165, 1.54) is 0 Å². The third-order valence-electron chi connectivity index (χ3n) is 3.26. The normalized spacial score (nSPS) is 11.8. The smallest absolute Gasteiger partial charge is 0.338 e. The van der Waals surface area contributed by atoms with E-state index < -0.39 is 0 Å². The largest absolute Gasteiger partial charge is 0.459 e. The van der Waals surface area contributed by atoms with Crippen LogP contribution in [0.25, 0.3) is 0 Å². The van der Waals surface area contributed by atoms with Crippen molar-refractivity contribution in [2.45, 2.75) is 26.4 Å². The van der Waals surface area contributed by atoms with E-state index in [-0.39, 0.29) is 49.8 Å². The van der Waals surface area contributed by atoms with Crippen molar-refractivity contribution in [3.8, 4) is 11.5 Å². The van der Waals surface area contributed by atoms with Gasteiger partial charge in [-0.15, -0.1) is 0 Å². The summed E-state index contributed by atoms with van der Waals surface area (Å²) in [7, 11) is 0. The molecule has 0 amide bonds. The maximum Gasteiger partial charge on any atom is 0.338 e. The Labute approximate surface area is 154 Å². The molecule has 0 aromatic heterocycles. The van der Waals surface area contributed by atoms with E-state index >= 15 is 0 Å². The van der Waals surface area contributed by atoms with E-state index in [1.807, 2.05) is 50.2 Å². The average molecular weight is 308 g/mol. The van der Waals surface area contributed by atoms with Gasteiger partial charge in [-0.25, -0.2) is 4.79 Å². The number of rotatable bonds is 2. The summed E-state index contributed by atoms with van der Waals surface area (Å²) in [5, 5.41) is 0. The number of ether oxygens (including phenoxy) is 2. The molecule has 3 rings (SSSR count). The SMILES string of the molecule is CC(C)OC(=O)c1cccc2c1Cc1ccccc1O2.[Ca]. The summed E-state index contributed by atoms with van der Waals surface area (Å²) in [4.78, 5) is 12.2. The van der Waals surface area contributed by atoms with Crippen LogP contribution in [0, 0.1) is 0 Å². The van der Waals surface area contributed by atoms with Gasteiger partial charge in [0.05, 0.1) is 11.7 Å². The van der Waals surface area contributed by atoms with E-state index in [4.69, 9.17) is 9.47 Å². The Hall–Kier alpha value is -1.03. The summed E-state index contributed by atoms with van der Waals surface area (Å²) in [5.41, 5.74) is 2.58. The third kappa shape index (κ3) is 3.42. The minimum absolute atomic E-state index is 0. The van der Waals surface area contributed by atoms with Crippen molar-refractivity contribution in [2.75, 3.05) is 0 Å². The molecule has 0 bridgehead atoms. The molecule has 0 atom stereocenters. The topological polar surface area (TPSA) is 35.5 Å². The number of carbonyl (C=O) groups excluding carboxylic acids is 1. The van der Waals surface area contributed by atoms with Gasteiger partial charge in [0.2, 0.25) is 0 Å². The van der Waals surface area contributed by atoms with Crippen LogP contribution in [0.4, 0.5) is 0 Å². The number of esters is 1. The van der Waals surface area contributed by atoms with Crippen LogP contribution in [0.2, 0.25) is 0 Å². The zero-order chi connectivity index (χ0) is 14.1.